The molecule has 29 heavy (non-hydrogen) atoms. The van der Waals surface area contributed by atoms with Gasteiger partial charge in [0.1, 0.15) is 5.82 Å². The van der Waals surface area contributed by atoms with Gasteiger partial charge in [-0.1, -0.05) is 29.8 Å². The number of aromatic amines is 1. The smallest absolute Gasteiger partial charge is 0.216 e. The molecule has 0 amide bonds. The number of halogens is 1. The number of H-pyrrole nitrogens is 1. The molecule has 0 saturated heterocycles. The summed E-state index contributed by atoms with van der Waals surface area (Å²) in [5.74, 6) is 0.350. The molecule has 4 rings (SSSR count). The van der Waals surface area contributed by atoms with Gasteiger partial charge in [0, 0.05) is 11.1 Å². The standard InChI is InChI=1S/C21H19FN6S/c1-13-4-6-16(7-5-13)20-24-25-21(29)28(20)23-12-19-14(2)26-27(15(19)3)18-10-8-17(22)9-11-18/h4-12H,1-3H3,(H,25,29). The third-order valence-electron chi connectivity index (χ3n) is 4.68. The van der Waals surface area contributed by atoms with Gasteiger partial charge in [-0.05, 0) is 57.3 Å². The van der Waals surface area contributed by atoms with Gasteiger partial charge in [-0.3, -0.25) is 0 Å². The number of benzene rings is 2. The van der Waals surface area contributed by atoms with Crippen molar-refractivity contribution in [3.8, 4) is 17.1 Å². The van der Waals surface area contributed by atoms with Crippen molar-refractivity contribution in [3.05, 3.63) is 81.6 Å². The van der Waals surface area contributed by atoms with E-state index in [0.29, 0.717) is 10.6 Å². The Kier molecular flexibility index (Phi) is 4.94. The predicted molar refractivity (Wildman–Crippen MR) is 114 cm³/mol. The molecule has 2 heterocycles. The Bertz CT molecular complexity index is 1250. The third-order valence-corrected chi connectivity index (χ3v) is 4.95. The maximum Gasteiger partial charge on any atom is 0.216 e. The van der Waals surface area contributed by atoms with Crippen LogP contribution in [0.15, 0.2) is 53.6 Å². The lowest BCUT2D eigenvalue weighted by Crippen LogP contribution is -2.00. The first kappa shape index (κ1) is 18.9. The van der Waals surface area contributed by atoms with E-state index in [1.54, 1.807) is 27.7 Å². The molecule has 0 spiro atoms. The zero-order valence-corrected chi connectivity index (χ0v) is 17.0. The maximum atomic E-state index is 13.2. The van der Waals surface area contributed by atoms with Crippen LogP contribution in [0.25, 0.3) is 17.1 Å². The minimum absolute atomic E-state index is 0.282. The number of nitrogens with one attached hydrogen (secondary N) is 1. The minimum Gasteiger partial charge on any atom is -0.250 e. The van der Waals surface area contributed by atoms with Gasteiger partial charge in [-0.25, -0.2) is 14.2 Å². The van der Waals surface area contributed by atoms with Crippen molar-refractivity contribution in [2.24, 2.45) is 5.10 Å². The summed E-state index contributed by atoms with van der Waals surface area (Å²) in [6.07, 6.45) is 1.72. The van der Waals surface area contributed by atoms with E-state index in [1.165, 1.54) is 12.1 Å². The predicted octanol–water partition coefficient (Wildman–Crippen LogP) is 4.74. The Labute approximate surface area is 172 Å². The first-order valence-corrected chi connectivity index (χ1v) is 9.46. The molecule has 0 aliphatic rings. The van der Waals surface area contributed by atoms with E-state index in [0.717, 1.165) is 33.8 Å². The van der Waals surface area contributed by atoms with Crippen molar-refractivity contribution in [1.29, 1.82) is 0 Å². The zero-order chi connectivity index (χ0) is 20.5. The van der Waals surface area contributed by atoms with Crippen LogP contribution in [0.4, 0.5) is 4.39 Å². The van der Waals surface area contributed by atoms with Crippen LogP contribution < -0.4 is 0 Å². The fourth-order valence-electron chi connectivity index (χ4n) is 3.08. The molecule has 2 aromatic heterocycles. The quantitative estimate of drug-likeness (QED) is 0.393. The summed E-state index contributed by atoms with van der Waals surface area (Å²) < 4.78 is 17.0. The topological polar surface area (TPSA) is 63.8 Å². The van der Waals surface area contributed by atoms with Crippen molar-refractivity contribution in [2.45, 2.75) is 20.8 Å². The van der Waals surface area contributed by atoms with Gasteiger partial charge in [0.05, 0.1) is 23.3 Å². The van der Waals surface area contributed by atoms with Crippen molar-refractivity contribution in [3.63, 3.8) is 0 Å². The lowest BCUT2D eigenvalue weighted by atomic mass is 10.1. The molecule has 0 fully saturated rings. The van der Waals surface area contributed by atoms with E-state index in [1.807, 2.05) is 45.0 Å². The highest BCUT2D eigenvalue weighted by molar-refractivity contribution is 7.71. The normalized spacial score (nSPS) is 11.4. The second-order valence-electron chi connectivity index (χ2n) is 6.75. The molecule has 6 nitrogen and oxygen atoms in total. The Morgan fingerprint density at radius 3 is 2.41 bits per heavy atom. The molecular formula is C21H19FN6S. The molecule has 0 saturated carbocycles. The van der Waals surface area contributed by atoms with Crippen LogP contribution in [-0.2, 0) is 0 Å². The number of aromatic nitrogens is 5. The van der Waals surface area contributed by atoms with E-state index in [-0.39, 0.29) is 5.82 Å². The number of nitrogens with zero attached hydrogens (tertiary/aromatic N) is 5. The zero-order valence-electron chi connectivity index (χ0n) is 16.2. The number of aryl methyl sites for hydroxylation is 2. The number of rotatable bonds is 4. The van der Waals surface area contributed by atoms with Crippen molar-refractivity contribution >= 4 is 18.4 Å². The van der Waals surface area contributed by atoms with E-state index < -0.39 is 0 Å². The minimum atomic E-state index is -0.282. The Hall–Kier alpha value is -3.39. The summed E-state index contributed by atoms with van der Waals surface area (Å²) in [6.45, 7) is 5.88. The molecular weight excluding hydrogens is 387 g/mol. The van der Waals surface area contributed by atoms with Gasteiger partial charge in [-0.2, -0.15) is 20.0 Å². The molecule has 0 bridgehead atoms. The average molecular weight is 406 g/mol. The van der Waals surface area contributed by atoms with Gasteiger partial charge in [-0.15, -0.1) is 0 Å². The lowest BCUT2D eigenvalue weighted by Gasteiger charge is -2.04. The largest absolute Gasteiger partial charge is 0.250 e. The maximum absolute atomic E-state index is 13.2. The Morgan fingerprint density at radius 1 is 1.03 bits per heavy atom. The first-order chi connectivity index (χ1) is 13.9. The van der Waals surface area contributed by atoms with Crippen LogP contribution >= 0.6 is 12.2 Å². The summed E-state index contributed by atoms with van der Waals surface area (Å²) in [6, 6.07) is 14.2. The molecule has 4 aromatic rings. The van der Waals surface area contributed by atoms with Gasteiger partial charge >= 0.3 is 0 Å². The fourth-order valence-corrected chi connectivity index (χ4v) is 3.26. The average Bonchev–Trinajstić information content (AvgIpc) is 3.21. The highest BCUT2D eigenvalue weighted by Crippen LogP contribution is 2.19. The summed E-state index contributed by atoms with van der Waals surface area (Å²) in [4.78, 5) is 0. The van der Waals surface area contributed by atoms with Crippen LogP contribution in [0.1, 0.15) is 22.5 Å². The monoisotopic (exact) mass is 406 g/mol. The summed E-state index contributed by atoms with van der Waals surface area (Å²) in [5, 5.41) is 16.2. The Balaban J connectivity index is 1.72. The summed E-state index contributed by atoms with van der Waals surface area (Å²) in [7, 11) is 0. The van der Waals surface area contributed by atoms with E-state index >= 15 is 0 Å². The van der Waals surface area contributed by atoms with E-state index in [4.69, 9.17) is 12.2 Å². The number of hydrogen-bond acceptors (Lipinski definition) is 4. The highest BCUT2D eigenvalue weighted by Gasteiger charge is 2.13. The molecule has 1 N–H and O–H groups in total. The molecule has 8 heteroatoms. The summed E-state index contributed by atoms with van der Waals surface area (Å²) in [5.41, 5.74) is 5.43. The van der Waals surface area contributed by atoms with E-state index in [9.17, 15) is 4.39 Å². The van der Waals surface area contributed by atoms with Crippen LogP contribution in [0.3, 0.4) is 0 Å². The molecule has 0 aliphatic carbocycles. The van der Waals surface area contributed by atoms with Gasteiger partial charge in [0.2, 0.25) is 4.77 Å². The molecule has 0 radical (unpaired) electrons. The van der Waals surface area contributed by atoms with Crippen LogP contribution in [0.2, 0.25) is 0 Å². The van der Waals surface area contributed by atoms with Crippen LogP contribution in [0.5, 0.6) is 0 Å². The van der Waals surface area contributed by atoms with Gasteiger partial charge < -0.3 is 0 Å². The molecule has 146 valence electrons. The highest BCUT2D eigenvalue weighted by atomic mass is 32.1. The SMILES string of the molecule is Cc1ccc(-c2n[nH]c(=S)n2N=Cc2c(C)nn(-c3ccc(F)cc3)c2C)cc1. The fraction of sp³-hybridized carbons (Fsp3) is 0.143. The van der Waals surface area contributed by atoms with Crippen LogP contribution in [0, 0.1) is 31.4 Å². The van der Waals surface area contributed by atoms with Crippen molar-refractivity contribution in [1.82, 2.24) is 24.7 Å². The van der Waals surface area contributed by atoms with Crippen molar-refractivity contribution in [2.75, 3.05) is 0 Å². The molecule has 0 unspecified atom stereocenters. The lowest BCUT2D eigenvalue weighted by molar-refractivity contribution is 0.627. The second kappa shape index (κ2) is 7.56. The van der Waals surface area contributed by atoms with Gasteiger partial charge in [0.15, 0.2) is 5.82 Å². The van der Waals surface area contributed by atoms with Crippen molar-refractivity contribution < 1.29 is 4.39 Å². The molecule has 0 atom stereocenters. The van der Waals surface area contributed by atoms with Crippen LogP contribution in [-0.4, -0.2) is 30.9 Å². The molecule has 2 aromatic carbocycles. The molecule has 0 aliphatic heterocycles. The third kappa shape index (κ3) is 3.66. The van der Waals surface area contributed by atoms with Gasteiger partial charge in [0.25, 0.3) is 0 Å². The Morgan fingerprint density at radius 2 is 1.72 bits per heavy atom. The second-order valence-corrected chi connectivity index (χ2v) is 7.13. The summed E-state index contributed by atoms with van der Waals surface area (Å²) >= 11 is 5.35. The number of hydrogen-bond donors (Lipinski definition) is 1. The van der Waals surface area contributed by atoms with E-state index in [2.05, 4.69) is 20.4 Å². The first-order valence-electron chi connectivity index (χ1n) is 9.05.